The lowest BCUT2D eigenvalue weighted by Crippen LogP contribution is -2.50. The number of hydrogen-bond acceptors (Lipinski definition) is 6. The monoisotopic (exact) mass is 602 g/mol. The molecule has 6 nitrogen and oxygen atoms in total. The van der Waals surface area contributed by atoms with E-state index in [1.54, 1.807) is 5.57 Å². The van der Waals surface area contributed by atoms with Crippen molar-refractivity contribution in [3.63, 3.8) is 0 Å². The van der Waals surface area contributed by atoms with Gasteiger partial charge in [0.2, 0.25) is 0 Å². The molecule has 0 radical (unpaired) electrons. The molecule has 4 N–H and O–H groups in total. The number of rotatable bonds is 15. The van der Waals surface area contributed by atoms with Crippen molar-refractivity contribution < 1.29 is 14.3 Å². The fourth-order valence-corrected chi connectivity index (χ4v) is 9.51. The van der Waals surface area contributed by atoms with Gasteiger partial charge in [-0.15, -0.1) is 0 Å². The van der Waals surface area contributed by atoms with Crippen molar-refractivity contribution in [3.05, 3.63) is 11.6 Å². The van der Waals surface area contributed by atoms with Crippen LogP contribution in [0.2, 0.25) is 0 Å². The standard InChI is InChI=1S/C30H48O3.C7H19N3/c1-21(2)8-5-6-9-22-12-14-26-25-13-11-23-20-24(33-28(32)10-7-19-31)15-17-30(23,4)27(25)16-18-29(22,26)3;1-10(6-2-4-8)7-3-5-9/h11,19,21-22,24-27H,5-10,12-18,20H2,1-4H3;2-9H2,1H3. The number of aldehydes is 1. The maximum atomic E-state index is 12.1. The minimum Gasteiger partial charge on any atom is -0.462 e. The van der Waals surface area contributed by atoms with Crippen molar-refractivity contribution in [2.24, 2.45) is 51.9 Å². The van der Waals surface area contributed by atoms with Crippen LogP contribution in [-0.4, -0.2) is 56.5 Å². The topological polar surface area (TPSA) is 98.7 Å². The highest BCUT2D eigenvalue weighted by Crippen LogP contribution is 2.66. The van der Waals surface area contributed by atoms with Crippen LogP contribution < -0.4 is 11.5 Å². The lowest BCUT2D eigenvalue weighted by molar-refractivity contribution is -0.152. The smallest absolute Gasteiger partial charge is 0.306 e. The molecule has 0 heterocycles. The molecular weight excluding hydrogens is 534 g/mol. The van der Waals surface area contributed by atoms with E-state index in [2.05, 4.69) is 45.7 Å². The third kappa shape index (κ3) is 9.63. The van der Waals surface area contributed by atoms with E-state index in [-0.39, 0.29) is 24.9 Å². The Labute approximate surface area is 264 Å². The number of esters is 1. The summed E-state index contributed by atoms with van der Waals surface area (Å²) < 4.78 is 5.75. The molecule has 6 heteroatoms. The summed E-state index contributed by atoms with van der Waals surface area (Å²) in [6, 6.07) is 0. The average molecular weight is 602 g/mol. The molecular formula is C37H67N3O3. The first kappa shape index (κ1) is 36.2. The maximum Gasteiger partial charge on any atom is 0.306 e. The zero-order chi connectivity index (χ0) is 31.5. The molecule has 0 aromatic rings. The predicted octanol–water partition coefficient (Wildman–Crippen LogP) is 7.29. The van der Waals surface area contributed by atoms with Gasteiger partial charge >= 0.3 is 5.97 Å². The Hall–Kier alpha value is -1.24. The van der Waals surface area contributed by atoms with Gasteiger partial charge in [-0.05, 0) is 138 Å². The van der Waals surface area contributed by atoms with E-state index in [1.165, 1.54) is 57.8 Å². The van der Waals surface area contributed by atoms with Crippen molar-refractivity contribution in [2.45, 2.75) is 137 Å². The number of fused-ring (bicyclic) bond motifs is 5. The van der Waals surface area contributed by atoms with Gasteiger partial charge in [0.1, 0.15) is 12.4 Å². The summed E-state index contributed by atoms with van der Waals surface area (Å²) in [6.45, 7) is 13.6. The van der Waals surface area contributed by atoms with E-state index in [1.807, 2.05) is 0 Å². The Balaban J connectivity index is 0.000000436. The highest BCUT2D eigenvalue weighted by Gasteiger charge is 2.58. The summed E-state index contributed by atoms with van der Waals surface area (Å²) in [4.78, 5) is 24.9. The molecule has 0 amide bonds. The highest BCUT2D eigenvalue weighted by molar-refractivity contribution is 5.72. The van der Waals surface area contributed by atoms with Crippen molar-refractivity contribution >= 4 is 12.3 Å². The number of allylic oxidation sites excluding steroid dienone is 1. The molecule has 4 aliphatic rings. The van der Waals surface area contributed by atoms with Crippen LogP contribution in [0.5, 0.6) is 0 Å². The van der Waals surface area contributed by atoms with E-state index < -0.39 is 0 Å². The van der Waals surface area contributed by atoms with Crippen molar-refractivity contribution in [1.29, 1.82) is 0 Å². The number of carbonyl (C=O) groups is 2. The zero-order valence-electron chi connectivity index (χ0n) is 28.6. The summed E-state index contributed by atoms with van der Waals surface area (Å²) in [5.74, 6) is 4.14. The molecule has 0 aliphatic heterocycles. The predicted molar refractivity (Wildman–Crippen MR) is 179 cm³/mol. The number of carbonyl (C=O) groups excluding carboxylic acids is 2. The third-order valence-electron chi connectivity index (χ3n) is 12.1. The summed E-state index contributed by atoms with van der Waals surface area (Å²) in [5.41, 5.74) is 13.1. The lowest BCUT2D eigenvalue weighted by atomic mass is 9.47. The van der Waals surface area contributed by atoms with E-state index in [4.69, 9.17) is 16.2 Å². The molecule has 7 unspecified atom stereocenters. The molecule has 0 aromatic carbocycles. The molecule has 43 heavy (non-hydrogen) atoms. The first-order valence-electron chi connectivity index (χ1n) is 18.0. The largest absolute Gasteiger partial charge is 0.462 e. The van der Waals surface area contributed by atoms with Crippen molar-refractivity contribution in [2.75, 3.05) is 33.2 Å². The zero-order valence-corrected chi connectivity index (χ0v) is 28.6. The van der Waals surface area contributed by atoms with Gasteiger partial charge in [-0.2, -0.15) is 0 Å². The van der Waals surface area contributed by atoms with Crippen molar-refractivity contribution in [3.8, 4) is 0 Å². The molecule has 3 saturated carbocycles. The highest BCUT2D eigenvalue weighted by atomic mass is 16.5. The quantitative estimate of drug-likeness (QED) is 0.0885. The van der Waals surface area contributed by atoms with Crippen LogP contribution in [0.25, 0.3) is 0 Å². The molecule has 0 aromatic heterocycles. The molecule has 248 valence electrons. The normalized spacial score (nSPS) is 33.1. The van der Waals surface area contributed by atoms with Gasteiger partial charge in [-0.3, -0.25) is 4.79 Å². The van der Waals surface area contributed by atoms with E-state index in [0.29, 0.717) is 10.8 Å². The second-order valence-corrected chi connectivity index (χ2v) is 15.4. The van der Waals surface area contributed by atoms with Gasteiger partial charge < -0.3 is 25.9 Å². The molecule has 4 aliphatic carbocycles. The first-order chi connectivity index (χ1) is 20.6. The molecule has 0 spiro atoms. The van der Waals surface area contributed by atoms with Crippen LogP contribution in [0.4, 0.5) is 0 Å². The van der Waals surface area contributed by atoms with Crippen LogP contribution in [0.3, 0.4) is 0 Å². The molecule has 7 atom stereocenters. The molecule has 0 saturated heterocycles. The van der Waals surface area contributed by atoms with Crippen LogP contribution in [0, 0.1) is 40.4 Å². The van der Waals surface area contributed by atoms with Crippen molar-refractivity contribution in [1.82, 2.24) is 4.90 Å². The Morgan fingerprint density at radius 3 is 2.40 bits per heavy atom. The van der Waals surface area contributed by atoms with Gasteiger partial charge in [0.15, 0.2) is 0 Å². The van der Waals surface area contributed by atoms with Gasteiger partial charge in [0.25, 0.3) is 0 Å². The fourth-order valence-electron chi connectivity index (χ4n) is 9.51. The van der Waals surface area contributed by atoms with Gasteiger partial charge in [0, 0.05) is 12.8 Å². The summed E-state index contributed by atoms with van der Waals surface area (Å²) in [6.07, 6.45) is 21.7. The second kappa shape index (κ2) is 17.5. The first-order valence-corrected chi connectivity index (χ1v) is 18.0. The van der Waals surface area contributed by atoms with Crippen LogP contribution in [0.15, 0.2) is 11.6 Å². The number of ether oxygens (including phenoxy) is 1. The van der Waals surface area contributed by atoms with Crippen LogP contribution in [0.1, 0.15) is 130 Å². The van der Waals surface area contributed by atoms with E-state index >= 15 is 0 Å². The van der Waals surface area contributed by atoms with Gasteiger partial charge in [0.05, 0.1) is 6.42 Å². The minimum atomic E-state index is -0.205. The van der Waals surface area contributed by atoms with Crippen LogP contribution >= 0.6 is 0 Å². The molecule has 3 fully saturated rings. The average Bonchev–Trinajstić information content (AvgIpc) is 3.32. The Kier molecular flexibility index (Phi) is 14.7. The minimum absolute atomic E-state index is 0.00980. The molecule has 0 bridgehead atoms. The maximum absolute atomic E-state index is 12.1. The summed E-state index contributed by atoms with van der Waals surface area (Å²) in [7, 11) is 2.10. The van der Waals surface area contributed by atoms with E-state index in [9.17, 15) is 9.59 Å². The van der Waals surface area contributed by atoms with Gasteiger partial charge in [-0.25, -0.2) is 0 Å². The van der Waals surface area contributed by atoms with Gasteiger partial charge in [-0.1, -0.05) is 58.6 Å². The van der Waals surface area contributed by atoms with E-state index in [0.717, 1.165) is 94.2 Å². The number of unbranched alkanes of at least 4 members (excludes halogenated alkanes) is 1. The number of hydrogen-bond donors (Lipinski definition) is 2. The SMILES string of the molecule is CC(C)CCCCC1CCC2C3CC=C4CC(OC(=O)CCC=O)CCC4(C)C3CCC12C.CN(CCCN)CCCN. The second-order valence-electron chi connectivity index (χ2n) is 15.4. The summed E-state index contributed by atoms with van der Waals surface area (Å²) in [5, 5.41) is 0. The fraction of sp³-hybridized carbons (Fsp3) is 0.892. The Morgan fingerprint density at radius 2 is 1.74 bits per heavy atom. The third-order valence-corrected chi connectivity index (χ3v) is 12.1. The summed E-state index contributed by atoms with van der Waals surface area (Å²) >= 11 is 0. The molecule has 4 rings (SSSR count). The number of nitrogens with zero attached hydrogens (tertiary/aromatic N) is 1. The lowest BCUT2D eigenvalue weighted by Gasteiger charge is -2.58. The Bertz CT molecular complexity index is 882. The number of nitrogens with two attached hydrogens (primary N) is 2. The van der Waals surface area contributed by atoms with Crippen LogP contribution in [-0.2, 0) is 14.3 Å². The Morgan fingerprint density at radius 1 is 1.02 bits per heavy atom.